The second-order valence-electron chi connectivity index (χ2n) is 8.05. The third-order valence-electron chi connectivity index (χ3n) is 5.83. The number of aliphatic hydroxyl groups is 2. The quantitative estimate of drug-likeness (QED) is 0.426. The maximum absolute atomic E-state index is 9.77. The summed E-state index contributed by atoms with van der Waals surface area (Å²) in [5.41, 5.74) is 1.29. The lowest BCUT2D eigenvalue weighted by atomic mass is 9.78. The molecule has 0 radical (unpaired) electrons. The van der Waals surface area contributed by atoms with Crippen LogP contribution in [0.15, 0.2) is 30.3 Å². The molecule has 0 spiro atoms. The van der Waals surface area contributed by atoms with Crippen molar-refractivity contribution < 1.29 is 34.8 Å². The Morgan fingerprint density at radius 2 is 1.57 bits per heavy atom. The van der Waals surface area contributed by atoms with Gasteiger partial charge in [0.2, 0.25) is 0 Å². The van der Waals surface area contributed by atoms with Gasteiger partial charge in [0, 0.05) is 12.6 Å². The molecular formula is C22H33NO7. The number of carboxylic acids is 2. The van der Waals surface area contributed by atoms with E-state index in [1.807, 2.05) is 0 Å². The van der Waals surface area contributed by atoms with Gasteiger partial charge in [0.1, 0.15) is 0 Å². The third kappa shape index (κ3) is 8.02. The highest BCUT2D eigenvalue weighted by Crippen LogP contribution is 2.33. The van der Waals surface area contributed by atoms with Crippen LogP contribution in [0, 0.1) is 11.8 Å². The second kappa shape index (κ2) is 12.6. The Morgan fingerprint density at radius 3 is 2.07 bits per heavy atom. The zero-order valence-corrected chi connectivity index (χ0v) is 17.2. The van der Waals surface area contributed by atoms with E-state index in [1.165, 1.54) is 50.6 Å². The summed E-state index contributed by atoms with van der Waals surface area (Å²) in [5.74, 6) is -1.82. The maximum Gasteiger partial charge on any atom is 0.335 e. The Kier molecular flexibility index (Phi) is 10.2. The minimum Gasteiger partial charge on any atom is -0.479 e. The van der Waals surface area contributed by atoms with E-state index in [0.29, 0.717) is 0 Å². The SMILES string of the molecule is O=C(O)C(O)C(O)C(=O)O.c1ccc(COCC2CCC([C@H]3CCCN3)CC2)cc1. The van der Waals surface area contributed by atoms with Gasteiger partial charge in [-0.05, 0) is 62.5 Å². The van der Waals surface area contributed by atoms with Crippen LogP contribution in [0.1, 0.15) is 44.1 Å². The monoisotopic (exact) mass is 423 g/mol. The van der Waals surface area contributed by atoms with Crippen molar-refractivity contribution in [2.24, 2.45) is 11.8 Å². The molecule has 3 atom stereocenters. The summed E-state index contributed by atoms with van der Waals surface area (Å²) >= 11 is 0. The summed E-state index contributed by atoms with van der Waals surface area (Å²) in [4.78, 5) is 19.5. The van der Waals surface area contributed by atoms with Gasteiger partial charge in [-0.3, -0.25) is 0 Å². The second-order valence-corrected chi connectivity index (χ2v) is 8.05. The first-order chi connectivity index (χ1) is 14.4. The number of carbonyl (C=O) groups is 2. The van der Waals surface area contributed by atoms with E-state index in [1.54, 1.807) is 0 Å². The van der Waals surface area contributed by atoms with Crippen LogP contribution >= 0.6 is 0 Å². The standard InChI is InChI=1S/C18H27NO.C4H6O6/c1-2-5-15(6-3-1)13-20-14-16-8-10-17(11-9-16)18-7-4-12-19-18;5-1(3(7)8)2(6)4(9)10/h1-3,5-6,16-19H,4,7-14H2;1-2,5-6H,(H,7,8)(H,9,10)/t16?,17?,18-;/m1./s1. The van der Waals surface area contributed by atoms with Gasteiger partial charge in [0.15, 0.2) is 12.2 Å². The molecule has 1 saturated heterocycles. The summed E-state index contributed by atoms with van der Waals surface area (Å²) in [6, 6.07) is 11.3. The molecule has 0 aromatic heterocycles. The molecule has 5 N–H and O–H groups in total. The molecule has 1 aromatic rings. The minimum absolute atomic E-state index is 0.769. The van der Waals surface area contributed by atoms with Crippen molar-refractivity contribution in [3.05, 3.63) is 35.9 Å². The van der Waals surface area contributed by atoms with Gasteiger partial charge in [-0.1, -0.05) is 30.3 Å². The maximum atomic E-state index is 9.77. The molecule has 2 aliphatic rings. The average molecular weight is 424 g/mol. The van der Waals surface area contributed by atoms with Gasteiger partial charge in [-0.25, -0.2) is 9.59 Å². The Labute approximate surface area is 176 Å². The number of aliphatic carboxylic acids is 2. The van der Waals surface area contributed by atoms with Gasteiger partial charge in [-0.2, -0.15) is 0 Å². The molecule has 2 fully saturated rings. The normalized spacial score (nSPS) is 25.6. The molecule has 1 aliphatic heterocycles. The lowest BCUT2D eigenvalue weighted by molar-refractivity contribution is -0.165. The number of carboxylic acid groups (broad SMARTS) is 2. The fourth-order valence-electron chi connectivity index (χ4n) is 4.06. The van der Waals surface area contributed by atoms with Crippen molar-refractivity contribution >= 4 is 11.9 Å². The Morgan fingerprint density at radius 1 is 0.967 bits per heavy atom. The van der Waals surface area contributed by atoms with Crippen LogP contribution in [0.25, 0.3) is 0 Å². The molecule has 2 unspecified atom stereocenters. The summed E-state index contributed by atoms with van der Waals surface area (Å²) in [6.45, 7) is 2.95. The van der Waals surface area contributed by atoms with Gasteiger partial charge in [0.25, 0.3) is 0 Å². The van der Waals surface area contributed by atoms with Crippen LogP contribution in [0.3, 0.4) is 0 Å². The average Bonchev–Trinajstić information content (AvgIpc) is 3.29. The molecule has 1 saturated carbocycles. The van der Waals surface area contributed by atoms with Crippen molar-refractivity contribution in [2.75, 3.05) is 13.2 Å². The summed E-state index contributed by atoms with van der Waals surface area (Å²) < 4.78 is 5.90. The molecule has 0 bridgehead atoms. The van der Waals surface area contributed by atoms with Crippen molar-refractivity contribution in [1.82, 2.24) is 5.32 Å². The first kappa shape index (κ1) is 24.3. The number of rotatable bonds is 8. The molecular weight excluding hydrogens is 390 g/mol. The summed E-state index contributed by atoms with van der Waals surface area (Å²) in [6.07, 6.45) is 3.77. The summed E-state index contributed by atoms with van der Waals surface area (Å²) in [5, 5.41) is 36.2. The number of hydrogen-bond acceptors (Lipinski definition) is 6. The van der Waals surface area contributed by atoms with Crippen LogP contribution in [0.5, 0.6) is 0 Å². The Balaban J connectivity index is 0.000000274. The van der Waals surface area contributed by atoms with Crippen LogP contribution in [-0.2, 0) is 20.9 Å². The molecule has 3 rings (SSSR count). The number of hydrogen-bond donors (Lipinski definition) is 5. The zero-order valence-electron chi connectivity index (χ0n) is 17.2. The molecule has 1 aliphatic carbocycles. The molecule has 30 heavy (non-hydrogen) atoms. The van der Waals surface area contributed by atoms with E-state index in [9.17, 15) is 9.59 Å². The van der Waals surface area contributed by atoms with E-state index >= 15 is 0 Å². The van der Waals surface area contributed by atoms with Gasteiger partial charge in [-0.15, -0.1) is 0 Å². The summed E-state index contributed by atoms with van der Waals surface area (Å²) in [7, 11) is 0. The van der Waals surface area contributed by atoms with Crippen molar-refractivity contribution in [1.29, 1.82) is 0 Å². The fourth-order valence-corrected chi connectivity index (χ4v) is 4.06. The lowest BCUT2D eigenvalue weighted by Crippen LogP contribution is -2.39. The first-order valence-electron chi connectivity index (χ1n) is 10.5. The molecule has 8 nitrogen and oxygen atoms in total. The Bertz CT molecular complexity index is 622. The smallest absolute Gasteiger partial charge is 0.335 e. The predicted molar refractivity (Wildman–Crippen MR) is 110 cm³/mol. The third-order valence-corrected chi connectivity index (χ3v) is 5.83. The van der Waals surface area contributed by atoms with E-state index in [2.05, 4.69) is 35.6 Å². The zero-order chi connectivity index (χ0) is 21.9. The largest absolute Gasteiger partial charge is 0.479 e. The van der Waals surface area contributed by atoms with Gasteiger partial charge >= 0.3 is 11.9 Å². The van der Waals surface area contributed by atoms with E-state index in [0.717, 1.165) is 31.1 Å². The van der Waals surface area contributed by atoms with Crippen LogP contribution in [0.2, 0.25) is 0 Å². The van der Waals surface area contributed by atoms with E-state index in [4.69, 9.17) is 25.2 Å². The van der Waals surface area contributed by atoms with E-state index in [-0.39, 0.29) is 0 Å². The minimum atomic E-state index is -2.27. The van der Waals surface area contributed by atoms with Gasteiger partial charge in [0.05, 0.1) is 6.61 Å². The predicted octanol–water partition coefficient (Wildman–Crippen LogP) is 1.64. The van der Waals surface area contributed by atoms with Crippen molar-refractivity contribution in [2.45, 2.75) is 63.4 Å². The van der Waals surface area contributed by atoms with E-state index < -0.39 is 24.1 Å². The Hall–Kier alpha value is -2.00. The highest BCUT2D eigenvalue weighted by atomic mass is 16.5. The number of nitrogens with one attached hydrogen (secondary N) is 1. The van der Waals surface area contributed by atoms with Crippen LogP contribution in [0.4, 0.5) is 0 Å². The number of ether oxygens (including phenoxy) is 1. The molecule has 8 heteroatoms. The van der Waals surface area contributed by atoms with Crippen molar-refractivity contribution in [3.63, 3.8) is 0 Å². The highest BCUT2D eigenvalue weighted by Gasteiger charge is 2.30. The molecule has 1 aromatic carbocycles. The molecule has 168 valence electrons. The number of benzene rings is 1. The van der Waals surface area contributed by atoms with Crippen molar-refractivity contribution in [3.8, 4) is 0 Å². The molecule has 1 heterocycles. The lowest BCUT2D eigenvalue weighted by Gasteiger charge is -2.32. The van der Waals surface area contributed by atoms with Crippen LogP contribution in [-0.4, -0.2) is 63.8 Å². The highest BCUT2D eigenvalue weighted by molar-refractivity contribution is 5.83. The fraction of sp³-hybridized carbons (Fsp3) is 0.636. The van der Waals surface area contributed by atoms with Gasteiger partial charge < -0.3 is 30.5 Å². The first-order valence-corrected chi connectivity index (χ1v) is 10.5. The molecule has 0 amide bonds. The number of aliphatic hydroxyl groups excluding tert-OH is 2. The van der Waals surface area contributed by atoms with Crippen LogP contribution < -0.4 is 5.32 Å². The topological polar surface area (TPSA) is 136 Å².